The van der Waals surface area contributed by atoms with E-state index in [0.29, 0.717) is 6.04 Å². The maximum Gasteiger partial charge on any atom is 0.0252 e. The molecule has 1 fully saturated rings. The lowest BCUT2D eigenvalue weighted by molar-refractivity contribution is 0.215. The molecule has 2 aliphatic rings. The fourth-order valence-electron chi connectivity index (χ4n) is 2.49. The third-order valence-corrected chi connectivity index (χ3v) is 3.80. The van der Waals surface area contributed by atoms with E-state index in [2.05, 4.69) is 24.4 Å². The zero-order valence-electron chi connectivity index (χ0n) is 9.34. The van der Waals surface area contributed by atoms with Crippen molar-refractivity contribution in [3.05, 3.63) is 12.2 Å². The van der Waals surface area contributed by atoms with Crippen LogP contribution in [0.3, 0.4) is 0 Å². The van der Waals surface area contributed by atoms with Crippen LogP contribution in [0.25, 0.3) is 0 Å². The van der Waals surface area contributed by atoms with Gasteiger partial charge in [0.1, 0.15) is 0 Å². The Hall–Kier alpha value is -0.300. The fourth-order valence-corrected chi connectivity index (χ4v) is 2.49. The van der Waals surface area contributed by atoms with E-state index < -0.39 is 0 Å². The van der Waals surface area contributed by atoms with Crippen LogP contribution in [0.2, 0.25) is 0 Å². The largest absolute Gasteiger partial charge is 0.308 e. The SMILES string of the molecule is CC1CCC1NC1/C=C\CCCCC1. The summed E-state index contributed by atoms with van der Waals surface area (Å²) in [5.41, 5.74) is 0. The summed E-state index contributed by atoms with van der Waals surface area (Å²) in [6.45, 7) is 2.37. The molecule has 3 unspecified atom stereocenters. The molecule has 1 heteroatoms. The van der Waals surface area contributed by atoms with Crippen LogP contribution in [0.15, 0.2) is 12.2 Å². The average molecular weight is 193 g/mol. The quantitative estimate of drug-likeness (QED) is 0.664. The van der Waals surface area contributed by atoms with Crippen LogP contribution in [0.5, 0.6) is 0 Å². The molecule has 2 rings (SSSR count). The van der Waals surface area contributed by atoms with Gasteiger partial charge >= 0.3 is 0 Å². The van der Waals surface area contributed by atoms with Gasteiger partial charge in [-0.15, -0.1) is 0 Å². The van der Waals surface area contributed by atoms with Crippen molar-refractivity contribution in [1.82, 2.24) is 5.32 Å². The molecule has 0 spiro atoms. The van der Waals surface area contributed by atoms with Gasteiger partial charge in [-0.05, 0) is 38.0 Å². The Morgan fingerprint density at radius 2 is 2.00 bits per heavy atom. The number of allylic oxidation sites excluding steroid dienone is 1. The van der Waals surface area contributed by atoms with Gasteiger partial charge in [-0.25, -0.2) is 0 Å². The molecule has 0 aromatic rings. The first-order valence-corrected chi connectivity index (χ1v) is 6.29. The summed E-state index contributed by atoms with van der Waals surface area (Å²) in [5, 5.41) is 3.79. The highest BCUT2D eigenvalue weighted by molar-refractivity contribution is 4.98. The molecule has 1 saturated carbocycles. The molecule has 1 nitrogen and oxygen atoms in total. The lowest BCUT2D eigenvalue weighted by atomic mass is 9.80. The molecule has 0 saturated heterocycles. The van der Waals surface area contributed by atoms with Gasteiger partial charge in [0.15, 0.2) is 0 Å². The third kappa shape index (κ3) is 2.60. The second-order valence-electron chi connectivity index (χ2n) is 5.00. The first-order valence-electron chi connectivity index (χ1n) is 6.29. The summed E-state index contributed by atoms with van der Waals surface area (Å²) >= 11 is 0. The van der Waals surface area contributed by atoms with E-state index in [-0.39, 0.29) is 0 Å². The monoisotopic (exact) mass is 193 g/mol. The van der Waals surface area contributed by atoms with Gasteiger partial charge in [0.2, 0.25) is 0 Å². The van der Waals surface area contributed by atoms with Crippen LogP contribution in [0, 0.1) is 5.92 Å². The van der Waals surface area contributed by atoms with E-state index in [1.54, 1.807) is 0 Å². The summed E-state index contributed by atoms with van der Waals surface area (Å²) in [5.74, 6) is 0.911. The normalized spacial score (nSPS) is 40.8. The minimum Gasteiger partial charge on any atom is -0.308 e. The minimum atomic E-state index is 0.669. The predicted molar refractivity (Wildman–Crippen MR) is 61.3 cm³/mol. The molecule has 14 heavy (non-hydrogen) atoms. The molecular weight excluding hydrogens is 170 g/mol. The summed E-state index contributed by atoms with van der Waals surface area (Å²) in [6.07, 6.45) is 14.5. The van der Waals surface area contributed by atoms with Crippen LogP contribution in [0.1, 0.15) is 51.9 Å². The lowest BCUT2D eigenvalue weighted by Gasteiger charge is -2.37. The van der Waals surface area contributed by atoms with Crippen molar-refractivity contribution in [3.63, 3.8) is 0 Å². The number of rotatable bonds is 2. The van der Waals surface area contributed by atoms with Gasteiger partial charge < -0.3 is 5.32 Å². The van der Waals surface area contributed by atoms with Crippen LogP contribution in [-0.4, -0.2) is 12.1 Å². The Morgan fingerprint density at radius 3 is 2.71 bits per heavy atom. The minimum absolute atomic E-state index is 0.669. The summed E-state index contributed by atoms with van der Waals surface area (Å²) in [6, 6.07) is 1.48. The maximum absolute atomic E-state index is 3.79. The Bertz CT molecular complexity index is 197. The highest BCUT2D eigenvalue weighted by Crippen LogP contribution is 2.27. The van der Waals surface area contributed by atoms with Gasteiger partial charge in [-0.2, -0.15) is 0 Å². The molecule has 0 aromatic heterocycles. The Morgan fingerprint density at radius 1 is 1.07 bits per heavy atom. The first-order chi connectivity index (χ1) is 6.86. The molecule has 80 valence electrons. The van der Waals surface area contributed by atoms with Crippen molar-refractivity contribution in [2.75, 3.05) is 0 Å². The molecule has 0 amide bonds. The van der Waals surface area contributed by atoms with Gasteiger partial charge in [-0.3, -0.25) is 0 Å². The molecule has 0 aromatic carbocycles. The van der Waals surface area contributed by atoms with E-state index in [9.17, 15) is 0 Å². The fraction of sp³-hybridized carbons (Fsp3) is 0.846. The second-order valence-corrected chi connectivity index (χ2v) is 5.00. The van der Waals surface area contributed by atoms with Crippen LogP contribution < -0.4 is 5.32 Å². The highest BCUT2D eigenvalue weighted by atomic mass is 15.0. The van der Waals surface area contributed by atoms with Gasteiger partial charge in [-0.1, -0.05) is 31.9 Å². The van der Waals surface area contributed by atoms with Gasteiger partial charge in [0.05, 0.1) is 0 Å². The zero-order chi connectivity index (χ0) is 9.80. The number of hydrogen-bond acceptors (Lipinski definition) is 1. The topological polar surface area (TPSA) is 12.0 Å². The summed E-state index contributed by atoms with van der Waals surface area (Å²) in [4.78, 5) is 0. The van der Waals surface area contributed by atoms with Crippen molar-refractivity contribution in [2.24, 2.45) is 5.92 Å². The van der Waals surface area contributed by atoms with Crippen molar-refractivity contribution in [3.8, 4) is 0 Å². The van der Waals surface area contributed by atoms with Crippen LogP contribution in [0.4, 0.5) is 0 Å². The summed E-state index contributed by atoms with van der Waals surface area (Å²) in [7, 11) is 0. The predicted octanol–water partition coefficient (Wildman–Crippen LogP) is 3.26. The maximum atomic E-state index is 3.79. The van der Waals surface area contributed by atoms with E-state index >= 15 is 0 Å². The van der Waals surface area contributed by atoms with E-state index in [4.69, 9.17) is 0 Å². The number of hydrogen-bond donors (Lipinski definition) is 1. The molecule has 2 aliphatic carbocycles. The molecule has 3 atom stereocenters. The van der Waals surface area contributed by atoms with E-state index in [1.807, 2.05) is 0 Å². The Labute approximate surface area is 88.0 Å². The number of nitrogens with one attached hydrogen (secondary N) is 1. The second kappa shape index (κ2) is 4.97. The van der Waals surface area contributed by atoms with E-state index in [1.165, 1.54) is 44.9 Å². The Kier molecular flexibility index (Phi) is 3.63. The van der Waals surface area contributed by atoms with Crippen molar-refractivity contribution in [2.45, 2.75) is 64.0 Å². The zero-order valence-corrected chi connectivity index (χ0v) is 9.34. The van der Waals surface area contributed by atoms with E-state index in [0.717, 1.165) is 12.0 Å². The molecule has 0 aliphatic heterocycles. The molecular formula is C13H23N. The highest BCUT2D eigenvalue weighted by Gasteiger charge is 2.27. The molecule has 0 radical (unpaired) electrons. The smallest absolute Gasteiger partial charge is 0.0252 e. The van der Waals surface area contributed by atoms with Crippen molar-refractivity contribution >= 4 is 0 Å². The molecule has 1 N–H and O–H groups in total. The first kappa shape index (κ1) is 10.2. The van der Waals surface area contributed by atoms with Gasteiger partial charge in [0.25, 0.3) is 0 Å². The Balaban J connectivity index is 1.79. The standard InChI is InChI=1S/C13H23N/c1-11-9-10-13(11)14-12-7-5-3-2-4-6-8-12/h5,7,11-14H,2-4,6,8-10H2,1H3/b7-5-. The van der Waals surface area contributed by atoms with Crippen LogP contribution >= 0.6 is 0 Å². The third-order valence-electron chi connectivity index (χ3n) is 3.80. The van der Waals surface area contributed by atoms with Gasteiger partial charge in [0, 0.05) is 12.1 Å². The summed E-state index contributed by atoms with van der Waals surface area (Å²) < 4.78 is 0. The lowest BCUT2D eigenvalue weighted by Crippen LogP contribution is -2.47. The average Bonchev–Trinajstić information content (AvgIpc) is 2.14. The van der Waals surface area contributed by atoms with Crippen molar-refractivity contribution in [1.29, 1.82) is 0 Å². The van der Waals surface area contributed by atoms with Crippen LogP contribution in [-0.2, 0) is 0 Å². The molecule has 0 bridgehead atoms. The molecule has 0 heterocycles. The van der Waals surface area contributed by atoms with Crippen molar-refractivity contribution < 1.29 is 0 Å².